The SMILES string of the molecule is CCNC(=NCC(c1ccccc1OC)N1CCCC1)NCCNC(=O)C(C)(C)C.I. The zero-order chi connectivity index (χ0) is 22.0. The predicted octanol–water partition coefficient (Wildman–Crippen LogP) is 3.17. The number of ether oxygens (including phenoxy) is 1. The number of aliphatic imine (C=N–C) groups is 1. The van der Waals surface area contributed by atoms with Crippen molar-refractivity contribution in [1.29, 1.82) is 0 Å². The first kappa shape index (κ1) is 27.5. The molecule has 176 valence electrons. The van der Waals surface area contributed by atoms with Gasteiger partial charge in [0, 0.05) is 30.6 Å². The summed E-state index contributed by atoms with van der Waals surface area (Å²) in [5.41, 5.74) is 0.801. The van der Waals surface area contributed by atoms with Crippen molar-refractivity contribution in [1.82, 2.24) is 20.9 Å². The average molecular weight is 546 g/mol. The fourth-order valence-electron chi connectivity index (χ4n) is 3.55. The molecule has 0 spiro atoms. The summed E-state index contributed by atoms with van der Waals surface area (Å²) in [7, 11) is 1.72. The minimum Gasteiger partial charge on any atom is -0.496 e. The Morgan fingerprint density at radius 1 is 1.13 bits per heavy atom. The summed E-state index contributed by atoms with van der Waals surface area (Å²) in [6.07, 6.45) is 2.45. The van der Waals surface area contributed by atoms with Gasteiger partial charge in [-0.25, -0.2) is 0 Å². The number of nitrogens with one attached hydrogen (secondary N) is 3. The van der Waals surface area contributed by atoms with Gasteiger partial charge < -0.3 is 20.7 Å². The van der Waals surface area contributed by atoms with E-state index in [0.29, 0.717) is 19.6 Å². The normalized spacial score (nSPS) is 15.7. The van der Waals surface area contributed by atoms with E-state index in [1.54, 1.807) is 7.11 Å². The maximum absolute atomic E-state index is 12.0. The second-order valence-electron chi connectivity index (χ2n) is 8.65. The van der Waals surface area contributed by atoms with Crippen LogP contribution in [0.25, 0.3) is 0 Å². The number of amides is 1. The molecule has 8 heteroatoms. The summed E-state index contributed by atoms with van der Waals surface area (Å²) >= 11 is 0. The lowest BCUT2D eigenvalue weighted by atomic mass is 9.96. The van der Waals surface area contributed by atoms with Crippen molar-refractivity contribution in [2.45, 2.75) is 46.6 Å². The molecule has 0 saturated carbocycles. The van der Waals surface area contributed by atoms with Gasteiger partial charge in [0.25, 0.3) is 0 Å². The first-order valence-corrected chi connectivity index (χ1v) is 11.0. The number of rotatable bonds is 9. The van der Waals surface area contributed by atoms with Crippen LogP contribution in [0.15, 0.2) is 29.3 Å². The molecule has 1 aliphatic rings. The molecule has 1 amide bonds. The van der Waals surface area contributed by atoms with Crippen molar-refractivity contribution < 1.29 is 9.53 Å². The minimum absolute atomic E-state index is 0. The van der Waals surface area contributed by atoms with E-state index in [-0.39, 0.29) is 41.3 Å². The number of benzene rings is 1. The van der Waals surface area contributed by atoms with Crippen LogP contribution in [-0.4, -0.2) is 63.1 Å². The highest BCUT2D eigenvalue weighted by molar-refractivity contribution is 14.0. The maximum atomic E-state index is 12.0. The van der Waals surface area contributed by atoms with Gasteiger partial charge in [-0.1, -0.05) is 39.0 Å². The predicted molar refractivity (Wildman–Crippen MR) is 138 cm³/mol. The van der Waals surface area contributed by atoms with Gasteiger partial charge in [0.05, 0.1) is 19.7 Å². The molecule has 31 heavy (non-hydrogen) atoms. The van der Waals surface area contributed by atoms with Gasteiger partial charge in [-0.05, 0) is 38.9 Å². The number of halogens is 1. The molecule has 0 aromatic heterocycles. The Morgan fingerprint density at radius 2 is 1.77 bits per heavy atom. The Bertz CT molecular complexity index is 699. The molecule has 7 nitrogen and oxygen atoms in total. The molecule has 1 aliphatic heterocycles. The number of hydrogen-bond donors (Lipinski definition) is 3. The number of methoxy groups -OCH3 is 1. The number of carbonyl (C=O) groups is 1. The molecule has 1 fully saturated rings. The van der Waals surface area contributed by atoms with Crippen LogP contribution in [0.3, 0.4) is 0 Å². The Morgan fingerprint density at radius 3 is 2.39 bits per heavy atom. The van der Waals surface area contributed by atoms with E-state index in [1.807, 2.05) is 32.9 Å². The molecule has 1 aromatic carbocycles. The number of carbonyl (C=O) groups excluding carboxylic acids is 1. The zero-order valence-electron chi connectivity index (χ0n) is 19.7. The molecule has 3 N–H and O–H groups in total. The van der Waals surface area contributed by atoms with Crippen LogP contribution in [-0.2, 0) is 4.79 Å². The Kier molecular flexibility index (Phi) is 12.2. The summed E-state index contributed by atoms with van der Waals surface area (Å²) < 4.78 is 5.62. The van der Waals surface area contributed by atoms with Gasteiger partial charge in [0.1, 0.15) is 5.75 Å². The number of likely N-dealkylation sites (tertiary alicyclic amines) is 1. The van der Waals surface area contributed by atoms with Gasteiger partial charge >= 0.3 is 0 Å². The van der Waals surface area contributed by atoms with Crippen LogP contribution in [0.4, 0.5) is 0 Å². The van der Waals surface area contributed by atoms with Crippen molar-refractivity contribution in [2.24, 2.45) is 10.4 Å². The van der Waals surface area contributed by atoms with E-state index in [0.717, 1.165) is 31.3 Å². The van der Waals surface area contributed by atoms with Gasteiger partial charge in [-0.2, -0.15) is 0 Å². The molecule has 1 saturated heterocycles. The Labute approximate surface area is 204 Å². The zero-order valence-corrected chi connectivity index (χ0v) is 22.0. The van der Waals surface area contributed by atoms with Gasteiger partial charge in [-0.3, -0.25) is 14.7 Å². The fourth-order valence-corrected chi connectivity index (χ4v) is 3.55. The number of guanidine groups is 1. The fraction of sp³-hybridized carbons (Fsp3) is 0.652. The van der Waals surface area contributed by atoms with Crippen LogP contribution in [0, 0.1) is 5.41 Å². The Balaban J connectivity index is 0.00000480. The molecule has 1 aromatic rings. The lowest BCUT2D eigenvalue weighted by Crippen LogP contribution is -2.43. The number of para-hydroxylation sites is 1. The highest BCUT2D eigenvalue weighted by Crippen LogP contribution is 2.31. The van der Waals surface area contributed by atoms with E-state index in [2.05, 4.69) is 39.9 Å². The molecular weight excluding hydrogens is 505 g/mol. The van der Waals surface area contributed by atoms with E-state index < -0.39 is 0 Å². The van der Waals surface area contributed by atoms with E-state index in [1.165, 1.54) is 18.4 Å². The number of nitrogens with zero attached hydrogens (tertiary/aromatic N) is 2. The maximum Gasteiger partial charge on any atom is 0.225 e. The van der Waals surface area contributed by atoms with Crippen molar-refractivity contribution in [2.75, 3.05) is 46.4 Å². The lowest BCUT2D eigenvalue weighted by Gasteiger charge is -2.28. The smallest absolute Gasteiger partial charge is 0.225 e. The third-order valence-corrected chi connectivity index (χ3v) is 5.23. The van der Waals surface area contributed by atoms with Crippen molar-refractivity contribution >= 4 is 35.8 Å². The molecule has 1 atom stereocenters. The van der Waals surface area contributed by atoms with Crippen molar-refractivity contribution in [3.8, 4) is 5.75 Å². The van der Waals surface area contributed by atoms with Gasteiger partial charge in [-0.15, -0.1) is 24.0 Å². The van der Waals surface area contributed by atoms with Crippen LogP contribution in [0.2, 0.25) is 0 Å². The second kappa shape index (κ2) is 13.8. The topological polar surface area (TPSA) is 78.0 Å². The van der Waals surface area contributed by atoms with E-state index >= 15 is 0 Å². The summed E-state index contributed by atoms with van der Waals surface area (Å²) in [5.74, 6) is 1.73. The van der Waals surface area contributed by atoms with Crippen LogP contribution in [0.5, 0.6) is 5.75 Å². The first-order chi connectivity index (χ1) is 14.4. The molecule has 0 aliphatic carbocycles. The van der Waals surface area contributed by atoms with Crippen LogP contribution in [0.1, 0.15) is 52.1 Å². The monoisotopic (exact) mass is 545 g/mol. The van der Waals surface area contributed by atoms with Crippen LogP contribution >= 0.6 is 24.0 Å². The molecule has 1 unspecified atom stereocenters. The first-order valence-electron chi connectivity index (χ1n) is 11.0. The quantitative estimate of drug-likeness (QED) is 0.192. The second-order valence-corrected chi connectivity index (χ2v) is 8.65. The third-order valence-electron chi connectivity index (χ3n) is 5.23. The minimum atomic E-state index is -0.379. The highest BCUT2D eigenvalue weighted by atomic mass is 127. The lowest BCUT2D eigenvalue weighted by molar-refractivity contribution is -0.128. The largest absolute Gasteiger partial charge is 0.496 e. The third kappa shape index (κ3) is 8.84. The van der Waals surface area contributed by atoms with Crippen molar-refractivity contribution in [3.63, 3.8) is 0 Å². The van der Waals surface area contributed by atoms with E-state index in [4.69, 9.17) is 9.73 Å². The standard InChI is InChI=1S/C23H39N5O2.HI/c1-6-24-22(26-14-13-25-21(29)23(2,3)4)27-17-19(28-15-9-10-16-28)18-11-7-8-12-20(18)30-5;/h7-8,11-12,19H,6,9-10,13-17H2,1-5H3,(H,25,29)(H2,24,26,27);1H. The summed E-state index contributed by atoms with van der Waals surface area (Å²) in [4.78, 5) is 19.4. The molecule has 1 heterocycles. The highest BCUT2D eigenvalue weighted by Gasteiger charge is 2.26. The van der Waals surface area contributed by atoms with Gasteiger partial charge in [0.15, 0.2) is 5.96 Å². The molecule has 0 bridgehead atoms. The molecular formula is C23H40IN5O2. The van der Waals surface area contributed by atoms with Crippen molar-refractivity contribution in [3.05, 3.63) is 29.8 Å². The summed E-state index contributed by atoms with van der Waals surface area (Å²) in [6.45, 7) is 12.6. The van der Waals surface area contributed by atoms with Crippen LogP contribution < -0.4 is 20.7 Å². The molecule has 0 radical (unpaired) electrons. The summed E-state index contributed by atoms with van der Waals surface area (Å²) in [6, 6.07) is 8.40. The average Bonchev–Trinajstić information content (AvgIpc) is 3.25. The Hall–Kier alpha value is -1.55. The van der Waals surface area contributed by atoms with Gasteiger partial charge in [0.2, 0.25) is 5.91 Å². The summed E-state index contributed by atoms with van der Waals surface area (Å²) in [5, 5.41) is 9.59. The van der Waals surface area contributed by atoms with E-state index in [9.17, 15) is 4.79 Å². The number of hydrogen-bond acceptors (Lipinski definition) is 4. The molecule has 2 rings (SSSR count).